The normalized spacial score (nSPS) is 18.6. The van der Waals surface area contributed by atoms with E-state index in [4.69, 9.17) is 0 Å². The summed E-state index contributed by atoms with van der Waals surface area (Å²) < 4.78 is 0. The van der Waals surface area contributed by atoms with E-state index >= 15 is 0 Å². The molecule has 110 valence electrons. The summed E-state index contributed by atoms with van der Waals surface area (Å²) in [4.78, 5) is 12.5. The summed E-state index contributed by atoms with van der Waals surface area (Å²) in [5.74, 6) is -0.0549. The third-order valence-corrected chi connectivity index (χ3v) is 4.32. The number of aliphatic hydroxyl groups excluding tert-OH is 1. The molecule has 2 N–H and O–H groups in total. The molecule has 1 aromatic rings. The largest absolute Gasteiger partial charge is 0.387 e. The summed E-state index contributed by atoms with van der Waals surface area (Å²) >= 11 is 0. The van der Waals surface area contributed by atoms with E-state index < -0.39 is 11.5 Å². The molecule has 1 aromatic carbocycles. The van der Waals surface area contributed by atoms with Gasteiger partial charge < -0.3 is 10.4 Å². The monoisotopic (exact) mass is 275 g/mol. The van der Waals surface area contributed by atoms with Crippen LogP contribution in [0.2, 0.25) is 0 Å². The van der Waals surface area contributed by atoms with Gasteiger partial charge in [-0.25, -0.2) is 0 Å². The minimum atomic E-state index is -0.821. The number of rotatable bonds is 4. The maximum atomic E-state index is 12.5. The van der Waals surface area contributed by atoms with Gasteiger partial charge in [-0.2, -0.15) is 0 Å². The van der Waals surface area contributed by atoms with E-state index in [1.807, 2.05) is 44.2 Å². The smallest absolute Gasteiger partial charge is 0.228 e. The molecule has 1 saturated carbocycles. The van der Waals surface area contributed by atoms with E-state index in [1.54, 1.807) is 0 Å². The van der Waals surface area contributed by atoms with Gasteiger partial charge in [-0.1, -0.05) is 49.6 Å². The molecule has 1 atom stereocenters. The Morgan fingerprint density at radius 2 is 1.80 bits per heavy atom. The summed E-state index contributed by atoms with van der Waals surface area (Å²) in [5.41, 5.74) is -0.0324. The third-order valence-electron chi connectivity index (χ3n) is 4.32. The van der Waals surface area contributed by atoms with E-state index in [0.29, 0.717) is 0 Å². The van der Waals surface area contributed by atoms with Crippen LogP contribution < -0.4 is 5.32 Å². The highest BCUT2D eigenvalue weighted by atomic mass is 16.3. The fourth-order valence-electron chi connectivity index (χ4n) is 2.79. The Morgan fingerprint density at radius 3 is 2.40 bits per heavy atom. The van der Waals surface area contributed by atoms with Crippen LogP contribution in [0, 0.1) is 5.41 Å². The molecule has 0 aliphatic heterocycles. The van der Waals surface area contributed by atoms with E-state index in [9.17, 15) is 9.90 Å². The molecular weight excluding hydrogens is 250 g/mol. The molecule has 1 aliphatic carbocycles. The first-order chi connectivity index (χ1) is 9.51. The molecule has 0 saturated heterocycles. The number of carbonyl (C=O) groups is 1. The predicted octanol–water partition coefficient (Wildman–Crippen LogP) is 3.20. The van der Waals surface area contributed by atoms with Crippen LogP contribution in [0.25, 0.3) is 0 Å². The number of nitrogens with one attached hydrogen (secondary N) is 1. The van der Waals surface area contributed by atoms with Crippen molar-refractivity contribution in [3.63, 3.8) is 0 Å². The molecule has 2 rings (SSSR count). The maximum Gasteiger partial charge on any atom is 0.228 e. The van der Waals surface area contributed by atoms with Crippen molar-refractivity contribution in [2.75, 3.05) is 0 Å². The molecule has 0 radical (unpaired) electrons. The molecule has 0 heterocycles. The van der Waals surface area contributed by atoms with Crippen molar-refractivity contribution in [1.82, 2.24) is 5.32 Å². The molecule has 0 unspecified atom stereocenters. The van der Waals surface area contributed by atoms with Gasteiger partial charge in [-0.3, -0.25) is 4.79 Å². The second kappa shape index (κ2) is 6.40. The lowest BCUT2D eigenvalue weighted by Gasteiger charge is -2.32. The van der Waals surface area contributed by atoms with Gasteiger partial charge in [-0.05, 0) is 32.3 Å². The predicted molar refractivity (Wildman–Crippen MR) is 80.2 cm³/mol. The Kier molecular flexibility index (Phi) is 4.81. The van der Waals surface area contributed by atoms with Gasteiger partial charge >= 0.3 is 0 Å². The lowest BCUT2D eigenvalue weighted by Crippen LogP contribution is -2.46. The Morgan fingerprint density at radius 1 is 1.20 bits per heavy atom. The number of aliphatic hydroxyl groups is 1. The summed E-state index contributed by atoms with van der Waals surface area (Å²) in [5, 5.41) is 13.6. The fraction of sp³-hybridized carbons (Fsp3) is 0.588. The van der Waals surface area contributed by atoms with Crippen LogP contribution >= 0.6 is 0 Å². The van der Waals surface area contributed by atoms with Crippen LogP contribution in [0.5, 0.6) is 0 Å². The third kappa shape index (κ3) is 3.40. The lowest BCUT2D eigenvalue weighted by atomic mass is 9.81. The number of carbonyl (C=O) groups excluding carboxylic acids is 1. The van der Waals surface area contributed by atoms with Gasteiger partial charge in [0, 0.05) is 6.04 Å². The highest BCUT2D eigenvalue weighted by Gasteiger charge is 2.37. The number of hydrogen-bond donors (Lipinski definition) is 2. The van der Waals surface area contributed by atoms with Gasteiger partial charge in [-0.15, -0.1) is 0 Å². The first-order valence-corrected chi connectivity index (χ1v) is 7.56. The van der Waals surface area contributed by atoms with E-state index in [0.717, 1.165) is 18.4 Å². The zero-order chi connectivity index (χ0) is 14.6. The average Bonchev–Trinajstić information content (AvgIpc) is 2.48. The Hall–Kier alpha value is -1.35. The van der Waals surface area contributed by atoms with Crippen molar-refractivity contribution in [1.29, 1.82) is 0 Å². The van der Waals surface area contributed by atoms with Crippen molar-refractivity contribution in [2.45, 2.75) is 58.1 Å². The van der Waals surface area contributed by atoms with Crippen LogP contribution in [0.3, 0.4) is 0 Å². The molecule has 1 amide bonds. The average molecular weight is 275 g/mol. The first kappa shape index (κ1) is 15.0. The second-order valence-electron chi connectivity index (χ2n) is 6.34. The molecule has 1 fully saturated rings. The minimum Gasteiger partial charge on any atom is -0.387 e. The van der Waals surface area contributed by atoms with Gasteiger partial charge in [0.2, 0.25) is 5.91 Å². The molecular formula is C17H25NO2. The van der Waals surface area contributed by atoms with Crippen LogP contribution in [0.15, 0.2) is 30.3 Å². The van der Waals surface area contributed by atoms with Gasteiger partial charge in [0.15, 0.2) is 0 Å². The number of amides is 1. The van der Waals surface area contributed by atoms with Crippen molar-refractivity contribution in [2.24, 2.45) is 5.41 Å². The zero-order valence-electron chi connectivity index (χ0n) is 12.4. The van der Waals surface area contributed by atoms with Crippen LogP contribution in [0.1, 0.15) is 57.6 Å². The van der Waals surface area contributed by atoms with Gasteiger partial charge in [0.25, 0.3) is 0 Å². The van der Waals surface area contributed by atoms with Crippen molar-refractivity contribution in [3.8, 4) is 0 Å². The summed E-state index contributed by atoms with van der Waals surface area (Å²) in [6.45, 7) is 3.62. The van der Waals surface area contributed by atoms with E-state index in [-0.39, 0.29) is 11.9 Å². The van der Waals surface area contributed by atoms with Crippen molar-refractivity contribution < 1.29 is 9.90 Å². The fourth-order valence-corrected chi connectivity index (χ4v) is 2.79. The minimum absolute atomic E-state index is 0.0549. The molecule has 0 bridgehead atoms. The first-order valence-electron chi connectivity index (χ1n) is 7.56. The highest BCUT2D eigenvalue weighted by molar-refractivity contribution is 5.83. The van der Waals surface area contributed by atoms with Gasteiger partial charge in [0.1, 0.15) is 0 Å². The quantitative estimate of drug-likeness (QED) is 0.886. The molecule has 0 spiro atoms. The van der Waals surface area contributed by atoms with Crippen LogP contribution in [-0.4, -0.2) is 17.1 Å². The SMILES string of the molecule is CC(C)(C(=O)NC1CCCCC1)[C@H](O)c1ccccc1. The Balaban J connectivity index is 2.02. The maximum absolute atomic E-state index is 12.5. The molecule has 20 heavy (non-hydrogen) atoms. The summed E-state index contributed by atoms with van der Waals surface area (Å²) in [6.07, 6.45) is 4.97. The molecule has 3 nitrogen and oxygen atoms in total. The topological polar surface area (TPSA) is 49.3 Å². The lowest BCUT2D eigenvalue weighted by molar-refractivity contribution is -0.136. The van der Waals surface area contributed by atoms with E-state index in [2.05, 4.69) is 5.32 Å². The summed E-state index contributed by atoms with van der Waals surface area (Å²) in [7, 11) is 0. The van der Waals surface area contributed by atoms with Crippen LogP contribution in [0.4, 0.5) is 0 Å². The molecule has 0 aromatic heterocycles. The van der Waals surface area contributed by atoms with E-state index in [1.165, 1.54) is 19.3 Å². The van der Waals surface area contributed by atoms with Crippen molar-refractivity contribution >= 4 is 5.91 Å². The summed E-state index contributed by atoms with van der Waals surface area (Å²) in [6, 6.07) is 9.67. The zero-order valence-corrected chi connectivity index (χ0v) is 12.4. The standard InChI is InChI=1S/C17H25NO2/c1-17(2,15(19)13-9-5-3-6-10-13)16(20)18-14-11-7-4-8-12-14/h3,5-6,9-10,14-15,19H,4,7-8,11-12H2,1-2H3,(H,18,20)/t15-/m1/s1. The molecule has 3 heteroatoms. The van der Waals surface area contributed by atoms with Gasteiger partial charge in [0.05, 0.1) is 11.5 Å². The number of hydrogen-bond acceptors (Lipinski definition) is 2. The number of benzene rings is 1. The van der Waals surface area contributed by atoms with Crippen molar-refractivity contribution in [3.05, 3.63) is 35.9 Å². The highest BCUT2D eigenvalue weighted by Crippen LogP contribution is 2.34. The Bertz CT molecular complexity index is 436. The second-order valence-corrected chi connectivity index (χ2v) is 6.34. The molecule has 1 aliphatic rings. The Labute approximate surface area is 121 Å². The van der Waals surface area contributed by atoms with Crippen LogP contribution in [-0.2, 0) is 4.79 Å².